The van der Waals surface area contributed by atoms with Crippen LogP contribution < -0.4 is 5.73 Å². The number of carbonyl (C=O) groups excluding carboxylic acids is 1. The Balaban J connectivity index is 2.39. The van der Waals surface area contributed by atoms with Crippen molar-refractivity contribution in [3.63, 3.8) is 0 Å². The molecule has 1 saturated carbocycles. The van der Waals surface area contributed by atoms with Gasteiger partial charge in [0.25, 0.3) is 0 Å². The summed E-state index contributed by atoms with van der Waals surface area (Å²) in [7, 11) is 0. The van der Waals surface area contributed by atoms with Crippen LogP contribution in [0.2, 0.25) is 0 Å². The summed E-state index contributed by atoms with van der Waals surface area (Å²) in [4.78, 5) is 11.8. The Kier molecular flexibility index (Phi) is 2.99. The van der Waals surface area contributed by atoms with E-state index in [4.69, 9.17) is 5.73 Å². The summed E-state index contributed by atoms with van der Waals surface area (Å²) in [5.74, 6) is 0.220. The molecule has 1 aliphatic rings. The third-order valence-corrected chi connectivity index (χ3v) is 4.06. The molecular weight excluding hydrogens is 198 g/mol. The predicted octanol–water partition coefficient (Wildman–Crippen LogP) is 2.62. The van der Waals surface area contributed by atoms with E-state index in [0.717, 1.165) is 18.4 Å². The summed E-state index contributed by atoms with van der Waals surface area (Å²) in [6, 6.07) is 9.96. The van der Waals surface area contributed by atoms with Gasteiger partial charge in [0.05, 0.1) is 5.41 Å². The molecule has 1 aromatic carbocycles. The van der Waals surface area contributed by atoms with Gasteiger partial charge in [-0.25, -0.2) is 0 Å². The highest BCUT2D eigenvalue weighted by atomic mass is 16.1. The fraction of sp³-hybridized carbons (Fsp3) is 0.500. The molecule has 0 spiro atoms. The molecule has 0 bridgehead atoms. The lowest BCUT2D eigenvalue weighted by Gasteiger charge is -2.33. The monoisotopic (exact) mass is 217 g/mol. The van der Waals surface area contributed by atoms with Crippen LogP contribution in [-0.4, -0.2) is 5.91 Å². The molecule has 0 saturated heterocycles. The first-order chi connectivity index (χ1) is 7.65. The van der Waals surface area contributed by atoms with Crippen molar-refractivity contribution in [1.82, 2.24) is 0 Å². The fourth-order valence-electron chi connectivity index (χ4n) is 2.87. The number of hydrogen-bond donors (Lipinski definition) is 1. The van der Waals surface area contributed by atoms with E-state index in [9.17, 15) is 4.79 Å². The van der Waals surface area contributed by atoms with Crippen LogP contribution in [0.3, 0.4) is 0 Å². The summed E-state index contributed by atoms with van der Waals surface area (Å²) < 4.78 is 0. The molecule has 16 heavy (non-hydrogen) atoms. The van der Waals surface area contributed by atoms with Gasteiger partial charge in [-0.2, -0.15) is 0 Å². The summed E-state index contributed by atoms with van der Waals surface area (Å²) in [6.45, 7) is 2.00. The molecule has 0 aliphatic heterocycles. The van der Waals surface area contributed by atoms with E-state index in [1.54, 1.807) is 0 Å². The number of rotatable bonds is 3. The average molecular weight is 217 g/mol. The van der Waals surface area contributed by atoms with Gasteiger partial charge in [-0.3, -0.25) is 4.79 Å². The lowest BCUT2D eigenvalue weighted by molar-refractivity contribution is -0.124. The Morgan fingerprint density at radius 1 is 1.25 bits per heavy atom. The molecule has 1 unspecified atom stereocenters. The van der Waals surface area contributed by atoms with Crippen LogP contribution in [-0.2, 0) is 10.2 Å². The molecule has 1 fully saturated rings. The number of hydrogen-bond acceptors (Lipinski definition) is 1. The number of primary amides is 1. The molecular formula is C14H19NO. The predicted molar refractivity (Wildman–Crippen MR) is 64.9 cm³/mol. The molecule has 2 heteroatoms. The molecule has 0 heterocycles. The number of nitrogens with two attached hydrogens (primary N) is 1. The van der Waals surface area contributed by atoms with Crippen LogP contribution in [0.1, 0.15) is 38.2 Å². The van der Waals surface area contributed by atoms with Gasteiger partial charge >= 0.3 is 0 Å². The van der Waals surface area contributed by atoms with Crippen molar-refractivity contribution in [1.29, 1.82) is 0 Å². The van der Waals surface area contributed by atoms with E-state index >= 15 is 0 Å². The number of amides is 1. The lowest BCUT2D eigenvalue weighted by atomic mass is 9.70. The van der Waals surface area contributed by atoms with Crippen LogP contribution in [0.4, 0.5) is 0 Å². The minimum Gasteiger partial charge on any atom is -0.369 e. The maximum atomic E-state index is 11.8. The molecule has 2 N–H and O–H groups in total. The lowest BCUT2D eigenvalue weighted by Crippen LogP contribution is -2.44. The van der Waals surface area contributed by atoms with E-state index in [1.807, 2.05) is 37.3 Å². The standard InChI is InChI=1S/C14H19NO/c1-14(13(15)16,12-9-5-6-10-12)11-7-3-2-4-8-11/h2-4,7-8,12H,5-6,9-10H2,1H3,(H2,15,16). The number of benzene rings is 1. The Hall–Kier alpha value is -1.31. The second kappa shape index (κ2) is 4.28. The molecule has 0 radical (unpaired) electrons. The molecule has 86 valence electrons. The molecule has 1 atom stereocenters. The van der Waals surface area contributed by atoms with Gasteiger partial charge in [-0.1, -0.05) is 43.2 Å². The minimum atomic E-state index is -0.488. The largest absolute Gasteiger partial charge is 0.369 e. The smallest absolute Gasteiger partial charge is 0.228 e. The second-order valence-electron chi connectivity index (χ2n) is 4.91. The van der Waals surface area contributed by atoms with Crippen molar-refractivity contribution < 1.29 is 4.79 Å². The van der Waals surface area contributed by atoms with Gasteiger partial charge in [0.1, 0.15) is 0 Å². The van der Waals surface area contributed by atoms with Crippen LogP contribution in [0.25, 0.3) is 0 Å². The quantitative estimate of drug-likeness (QED) is 0.831. The zero-order chi connectivity index (χ0) is 11.6. The Morgan fingerprint density at radius 3 is 2.31 bits per heavy atom. The van der Waals surface area contributed by atoms with Crippen molar-refractivity contribution in [2.24, 2.45) is 11.7 Å². The summed E-state index contributed by atoms with van der Waals surface area (Å²) in [5, 5.41) is 0. The van der Waals surface area contributed by atoms with Gasteiger partial charge in [-0.05, 0) is 31.2 Å². The topological polar surface area (TPSA) is 43.1 Å². The van der Waals surface area contributed by atoms with E-state index in [-0.39, 0.29) is 5.91 Å². The first-order valence-electron chi connectivity index (χ1n) is 6.01. The Bertz CT molecular complexity index is 368. The first-order valence-corrected chi connectivity index (χ1v) is 6.01. The SMILES string of the molecule is CC(C(N)=O)(c1ccccc1)C1CCCC1. The highest BCUT2D eigenvalue weighted by Crippen LogP contribution is 2.41. The zero-order valence-corrected chi connectivity index (χ0v) is 9.78. The molecule has 1 aromatic rings. The van der Waals surface area contributed by atoms with Crippen molar-refractivity contribution in [2.75, 3.05) is 0 Å². The van der Waals surface area contributed by atoms with Crippen LogP contribution >= 0.6 is 0 Å². The van der Waals surface area contributed by atoms with Gasteiger partial charge in [0.2, 0.25) is 5.91 Å². The molecule has 1 amide bonds. The molecule has 1 aliphatic carbocycles. The zero-order valence-electron chi connectivity index (χ0n) is 9.78. The summed E-state index contributed by atoms with van der Waals surface area (Å²) in [6.07, 6.45) is 4.68. The van der Waals surface area contributed by atoms with Crippen molar-refractivity contribution in [3.05, 3.63) is 35.9 Å². The van der Waals surface area contributed by atoms with Gasteiger partial charge in [0, 0.05) is 0 Å². The minimum absolute atomic E-state index is 0.189. The average Bonchev–Trinajstić information content (AvgIpc) is 2.82. The Labute approximate surface area is 96.8 Å². The van der Waals surface area contributed by atoms with Crippen molar-refractivity contribution >= 4 is 5.91 Å². The van der Waals surface area contributed by atoms with Gasteiger partial charge < -0.3 is 5.73 Å². The van der Waals surface area contributed by atoms with Crippen LogP contribution in [0, 0.1) is 5.92 Å². The molecule has 2 rings (SSSR count). The maximum absolute atomic E-state index is 11.8. The first kappa shape index (κ1) is 11.2. The second-order valence-corrected chi connectivity index (χ2v) is 4.91. The third kappa shape index (κ3) is 1.73. The Morgan fingerprint density at radius 2 is 1.81 bits per heavy atom. The van der Waals surface area contributed by atoms with E-state index in [2.05, 4.69) is 0 Å². The molecule has 2 nitrogen and oxygen atoms in total. The van der Waals surface area contributed by atoms with Gasteiger partial charge in [0.15, 0.2) is 0 Å². The normalized spacial score (nSPS) is 20.6. The number of carbonyl (C=O) groups is 1. The van der Waals surface area contributed by atoms with E-state index < -0.39 is 5.41 Å². The summed E-state index contributed by atoms with van der Waals surface area (Å²) >= 11 is 0. The van der Waals surface area contributed by atoms with Crippen LogP contribution in [0.5, 0.6) is 0 Å². The van der Waals surface area contributed by atoms with E-state index in [0.29, 0.717) is 5.92 Å². The maximum Gasteiger partial charge on any atom is 0.228 e. The highest BCUT2D eigenvalue weighted by molar-refractivity contribution is 5.86. The van der Waals surface area contributed by atoms with E-state index in [1.165, 1.54) is 12.8 Å². The molecule has 0 aromatic heterocycles. The van der Waals surface area contributed by atoms with Crippen molar-refractivity contribution in [3.8, 4) is 0 Å². The highest BCUT2D eigenvalue weighted by Gasteiger charge is 2.42. The van der Waals surface area contributed by atoms with Gasteiger partial charge in [-0.15, -0.1) is 0 Å². The fourth-order valence-corrected chi connectivity index (χ4v) is 2.87. The van der Waals surface area contributed by atoms with Crippen LogP contribution in [0.15, 0.2) is 30.3 Å². The summed E-state index contributed by atoms with van der Waals surface area (Å²) in [5.41, 5.74) is 6.22. The van der Waals surface area contributed by atoms with Crippen molar-refractivity contribution in [2.45, 2.75) is 38.0 Å². The third-order valence-electron chi connectivity index (χ3n) is 4.06.